The van der Waals surface area contributed by atoms with Crippen LogP contribution in [0.4, 0.5) is 13.2 Å². The molecule has 0 N–H and O–H groups in total. The molecule has 0 nitrogen and oxygen atoms in total. The van der Waals surface area contributed by atoms with Crippen molar-refractivity contribution in [3.8, 4) is 0 Å². The first-order valence-electron chi connectivity index (χ1n) is 5.72. The molecular weight excluding hydrogens is 249 g/mol. The minimum Gasteiger partial charge on any atom is -0.166 e. The maximum absolute atomic E-state index is 12.7. The highest BCUT2D eigenvalue weighted by atomic mass is 35.5. The van der Waals surface area contributed by atoms with Gasteiger partial charge in [0.2, 0.25) is 0 Å². The van der Waals surface area contributed by atoms with Gasteiger partial charge < -0.3 is 0 Å². The highest BCUT2D eigenvalue weighted by Gasteiger charge is 2.34. The Kier molecular flexibility index (Phi) is 4.87. The third kappa shape index (κ3) is 3.91. The Hall–Kier alpha value is -0.700. The molecule has 1 rings (SSSR count). The summed E-state index contributed by atoms with van der Waals surface area (Å²) in [5.74, 6) is 0. The Morgan fingerprint density at radius 3 is 2.35 bits per heavy atom. The number of alkyl halides is 3. The van der Waals surface area contributed by atoms with Crippen molar-refractivity contribution < 1.29 is 13.2 Å². The number of benzene rings is 1. The van der Waals surface area contributed by atoms with E-state index in [-0.39, 0.29) is 5.02 Å². The van der Waals surface area contributed by atoms with Crippen LogP contribution in [0.5, 0.6) is 0 Å². The number of unbranched alkanes of at least 4 members (excludes halogenated alkanes) is 2. The highest BCUT2D eigenvalue weighted by molar-refractivity contribution is 6.32. The Labute approximate surface area is 105 Å². The predicted octanol–water partition coefficient (Wildman–Crippen LogP) is 5.40. The van der Waals surface area contributed by atoms with E-state index in [1.807, 2.05) is 0 Å². The lowest BCUT2D eigenvalue weighted by Crippen LogP contribution is -2.07. The van der Waals surface area contributed by atoms with Crippen LogP contribution in [0, 0.1) is 6.92 Å². The van der Waals surface area contributed by atoms with Gasteiger partial charge in [-0.1, -0.05) is 37.4 Å². The van der Waals surface area contributed by atoms with Gasteiger partial charge in [-0.25, -0.2) is 0 Å². The third-order valence-electron chi connectivity index (χ3n) is 2.69. The molecule has 0 aromatic heterocycles. The molecule has 0 aliphatic carbocycles. The van der Waals surface area contributed by atoms with E-state index < -0.39 is 11.7 Å². The SMILES string of the molecule is CCCCCc1cc(C)c(Cl)c(C(F)(F)F)c1. The maximum Gasteiger partial charge on any atom is 0.417 e. The minimum absolute atomic E-state index is 0.184. The van der Waals surface area contributed by atoms with Gasteiger partial charge >= 0.3 is 6.18 Å². The first kappa shape index (κ1) is 14.4. The van der Waals surface area contributed by atoms with Crippen LogP contribution in [0.25, 0.3) is 0 Å². The topological polar surface area (TPSA) is 0 Å². The molecular formula is C13H16ClF3. The van der Waals surface area contributed by atoms with Crippen LogP contribution in [0.3, 0.4) is 0 Å². The van der Waals surface area contributed by atoms with E-state index in [2.05, 4.69) is 6.92 Å². The van der Waals surface area contributed by atoms with Gasteiger partial charge in [0.05, 0.1) is 10.6 Å². The van der Waals surface area contributed by atoms with Crippen molar-refractivity contribution in [3.63, 3.8) is 0 Å². The summed E-state index contributed by atoms with van der Waals surface area (Å²) in [6, 6.07) is 2.91. The zero-order chi connectivity index (χ0) is 13.1. The zero-order valence-corrected chi connectivity index (χ0v) is 10.8. The largest absolute Gasteiger partial charge is 0.417 e. The number of halogens is 4. The van der Waals surface area contributed by atoms with Gasteiger partial charge in [-0.2, -0.15) is 13.2 Å². The van der Waals surface area contributed by atoms with Crippen molar-refractivity contribution in [1.29, 1.82) is 0 Å². The molecule has 1 aromatic rings. The summed E-state index contributed by atoms with van der Waals surface area (Å²) in [5, 5.41) is -0.184. The molecule has 4 heteroatoms. The first-order chi connectivity index (χ1) is 7.86. The van der Waals surface area contributed by atoms with E-state index >= 15 is 0 Å². The van der Waals surface area contributed by atoms with E-state index in [4.69, 9.17) is 11.6 Å². The summed E-state index contributed by atoms with van der Waals surface area (Å²) >= 11 is 5.69. The summed E-state index contributed by atoms with van der Waals surface area (Å²) in [5.41, 5.74) is 0.492. The lowest BCUT2D eigenvalue weighted by molar-refractivity contribution is -0.137. The van der Waals surface area contributed by atoms with Crippen molar-refractivity contribution in [2.75, 3.05) is 0 Å². The molecule has 0 saturated carbocycles. The smallest absolute Gasteiger partial charge is 0.166 e. The second-order valence-electron chi connectivity index (χ2n) is 4.23. The van der Waals surface area contributed by atoms with Crippen LogP contribution < -0.4 is 0 Å². The number of hydrogen-bond donors (Lipinski definition) is 0. The van der Waals surface area contributed by atoms with Gasteiger partial charge in [0.25, 0.3) is 0 Å². The average molecular weight is 265 g/mol. The molecule has 0 atom stereocenters. The van der Waals surface area contributed by atoms with Crippen LogP contribution in [0.1, 0.15) is 42.9 Å². The molecule has 0 amide bonds. The fourth-order valence-electron chi connectivity index (χ4n) is 1.77. The van der Waals surface area contributed by atoms with Gasteiger partial charge in [-0.05, 0) is 37.0 Å². The van der Waals surface area contributed by atoms with Crippen molar-refractivity contribution in [3.05, 3.63) is 33.8 Å². The lowest BCUT2D eigenvalue weighted by Gasteiger charge is -2.13. The first-order valence-corrected chi connectivity index (χ1v) is 6.10. The summed E-state index contributed by atoms with van der Waals surface area (Å²) in [7, 11) is 0. The highest BCUT2D eigenvalue weighted by Crippen LogP contribution is 2.37. The minimum atomic E-state index is -4.37. The molecule has 0 spiro atoms. The van der Waals surface area contributed by atoms with Gasteiger partial charge in [-0.15, -0.1) is 0 Å². The van der Waals surface area contributed by atoms with Gasteiger partial charge in [-0.3, -0.25) is 0 Å². The molecule has 1 aromatic carbocycles. The predicted molar refractivity (Wildman–Crippen MR) is 64.4 cm³/mol. The van der Waals surface area contributed by atoms with Crippen LogP contribution in [-0.4, -0.2) is 0 Å². The maximum atomic E-state index is 12.7. The third-order valence-corrected chi connectivity index (χ3v) is 3.19. The molecule has 0 fully saturated rings. The number of rotatable bonds is 4. The van der Waals surface area contributed by atoms with E-state index in [1.54, 1.807) is 13.0 Å². The Balaban J connectivity index is 2.98. The molecule has 0 aliphatic heterocycles. The van der Waals surface area contributed by atoms with Gasteiger partial charge in [0, 0.05) is 0 Å². The molecule has 0 aliphatic rings. The Morgan fingerprint density at radius 1 is 1.18 bits per heavy atom. The second-order valence-corrected chi connectivity index (χ2v) is 4.61. The molecule has 96 valence electrons. The fourth-order valence-corrected chi connectivity index (χ4v) is 1.99. The molecule has 17 heavy (non-hydrogen) atoms. The molecule has 0 radical (unpaired) electrons. The van der Waals surface area contributed by atoms with E-state index in [0.29, 0.717) is 17.5 Å². The monoisotopic (exact) mass is 264 g/mol. The van der Waals surface area contributed by atoms with Crippen LogP contribution >= 0.6 is 11.6 Å². The molecule has 0 heterocycles. The summed E-state index contributed by atoms with van der Waals surface area (Å²) in [6.07, 6.45) is -0.700. The average Bonchev–Trinajstić information content (AvgIpc) is 2.21. The van der Waals surface area contributed by atoms with Crippen molar-refractivity contribution >= 4 is 11.6 Å². The second kappa shape index (κ2) is 5.76. The van der Waals surface area contributed by atoms with Crippen molar-refractivity contribution in [2.45, 2.75) is 45.7 Å². The standard InChI is InChI=1S/C13H16ClF3/c1-3-4-5-6-10-7-9(2)12(14)11(8-10)13(15,16)17/h7-8H,3-6H2,1-2H3. The quantitative estimate of drug-likeness (QED) is 0.639. The normalized spacial score (nSPS) is 11.9. The fraction of sp³-hybridized carbons (Fsp3) is 0.538. The Bertz CT molecular complexity index is 383. The van der Waals surface area contributed by atoms with Crippen molar-refractivity contribution in [2.24, 2.45) is 0 Å². The number of aryl methyl sites for hydroxylation is 2. The van der Waals surface area contributed by atoms with E-state index in [1.165, 1.54) is 6.07 Å². The lowest BCUT2D eigenvalue weighted by atomic mass is 10.0. The van der Waals surface area contributed by atoms with Crippen LogP contribution in [0.2, 0.25) is 5.02 Å². The summed E-state index contributed by atoms with van der Waals surface area (Å²) < 4.78 is 38.1. The van der Waals surface area contributed by atoms with E-state index in [0.717, 1.165) is 19.3 Å². The van der Waals surface area contributed by atoms with E-state index in [9.17, 15) is 13.2 Å². The molecule has 0 bridgehead atoms. The number of hydrogen-bond acceptors (Lipinski definition) is 0. The summed E-state index contributed by atoms with van der Waals surface area (Å²) in [4.78, 5) is 0. The van der Waals surface area contributed by atoms with Crippen LogP contribution in [0.15, 0.2) is 12.1 Å². The molecule has 0 unspecified atom stereocenters. The van der Waals surface area contributed by atoms with Crippen molar-refractivity contribution in [1.82, 2.24) is 0 Å². The summed E-state index contributed by atoms with van der Waals surface area (Å²) in [6.45, 7) is 3.68. The van der Waals surface area contributed by atoms with Gasteiger partial charge in [0.15, 0.2) is 0 Å². The van der Waals surface area contributed by atoms with Gasteiger partial charge in [0.1, 0.15) is 0 Å². The zero-order valence-electron chi connectivity index (χ0n) is 9.99. The molecule has 0 saturated heterocycles. The van der Waals surface area contributed by atoms with Crippen LogP contribution in [-0.2, 0) is 12.6 Å². The Morgan fingerprint density at radius 2 is 1.82 bits per heavy atom.